The molecule has 0 spiro atoms. The van der Waals surface area contributed by atoms with Crippen molar-refractivity contribution in [3.63, 3.8) is 0 Å². The number of rotatable bonds is 8. The Labute approximate surface area is 224 Å². The van der Waals surface area contributed by atoms with Gasteiger partial charge in [-0.25, -0.2) is 0 Å². The summed E-state index contributed by atoms with van der Waals surface area (Å²) in [7, 11) is 1.54. The summed E-state index contributed by atoms with van der Waals surface area (Å²) in [5, 5.41) is 21.7. The van der Waals surface area contributed by atoms with Crippen molar-refractivity contribution in [2.45, 2.75) is 19.8 Å². The van der Waals surface area contributed by atoms with Gasteiger partial charge < -0.3 is 20.7 Å². The molecule has 188 valence electrons. The van der Waals surface area contributed by atoms with Crippen molar-refractivity contribution in [1.82, 2.24) is 5.32 Å². The van der Waals surface area contributed by atoms with E-state index in [2.05, 4.69) is 22.0 Å². The van der Waals surface area contributed by atoms with Crippen molar-refractivity contribution in [3.05, 3.63) is 98.4 Å². The van der Waals surface area contributed by atoms with Gasteiger partial charge in [0.25, 0.3) is 5.91 Å². The Morgan fingerprint density at radius 2 is 1.84 bits per heavy atom. The second-order valence-corrected chi connectivity index (χ2v) is 10.3. The van der Waals surface area contributed by atoms with E-state index in [1.807, 2.05) is 60.8 Å². The molecule has 0 radical (unpaired) electrons. The molecule has 2 aromatic carbocycles. The number of hydrogen-bond acceptors (Lipinski definition) is 7. The van der Waals surface area contributed by atoms with Crippen LogP contribution in [0.15, 0.2) is 87.9 Å². The number of hydrogen-bond donors (Lipinski definition) is 3. The summed E-state index contributed by atoms with van der Waals surface area (Å²) in [4.78, 5) is 27.0. The standard InChI is InChI=1S/C28H26N4O3S2/c1-17-10-12-19(13-11-17)31-24(33)16-37-28-20(15-29)26(23-9-6-14-36-23)25(18(2)30-28)27(34)32-21-7-4-5-8-22(21)35-3/h4-14,26,30H,16H2,1-3H3,(H,31,33)(H,32,34). The Hall–Kier alpha value is -4.00. The van der Waals surface area contributed by atoms with Gasteiger partial charge in [0.2, 0.25) is 5.91 Å². The Kier molecular flexibility index (Phi) is 8.33. The molecule has 3 N–H and O–H groups in total. The Bertz CT molecular complexity index is 1400. The number of aryl methyl sites for hydroxylation is 1. The highest BCUT2D eigenvalue weighted by atomic mass is 32.2. The number of carbonyl (C=O) groups is 2. The monoisotopic (exact) mass is 530 g/mol. The Morgan fingerprint density at radius 1 is 1.08 bits per heavy atom. The van der Waals surface area contributed by atoms with Crippen LogP contribution in [0, 0.1) is 18.3 Å². The van der Waals surface area contributed by atoms with Crippen LogP contribution in [0.3, 0.4) is 0 Å². The first kappa shape index (κ1) is 26.1. The van der Waals surface area contributed by atoms with E-state index in [0.717, 1.165) is 10.4 Å². The fourth-order valence-corrected chi connectivity index (χ4v) is 5.71. The number of carbonyl (C=O) groups excluding carboxylic acids is 2. The molecule has 1 atom stereocenters. The summed E-state index contributed by atoms with van der Waals surface area (Å²) in [6.07, 6.45) is 0. The second kappa shape index (κ2) is 11.8. The van der Waals surface area contributed by atoms with Crippen molar-refractivity contribution in [3.8, 4) is 11.8 Å². The smallest absolute Gasteiger partial charge is 0.254 e. The number of benzene rings is 2. The number of ether oxygens (including phenoxy) is 1. The van der Waals surface area contributed by atoms with Crippen LogP contribution in [0.2, 0.25) is 0 Å². The average molecular weight is 531 g/mol. The summed E-state index contributed by atoms with van der Waals surface area (Å²) in [6.45, 7) is 3.79. The molecular formula is C28H26N4O3S2. The van der Waals surface area contributed by atoms with Crippen molar-refractivity contribution < 1.29 is 14.3 Å². The van der Waals surface area contributed by atoms with Gasteiger partial charge in [0.1, 0.15) is 5.75 Å². The number of nitrogens with one attached hydrogen (secondary N) is 3. The van der Waals surface area contributed by atoms with E-state index in [1.54, 1.807) is 26.2 Å². The number of thioether (sulfide) groups is 1. The molecule has 7 nitrogen and oxygen atoms in total. The minimum Gasteiger partial charge on any atom is -0.495 e. The molecule has 9 heteroatoms. The normalized spacial score (nSPS) is 15.0. The molecule has 1 unspecified atom stereocenters. The van der Waals surface area contributed by atoms with Gasteiger partial charge in [-0.2, -0.15) is 5.26 Å². The van der Waals surface area contributed by atoms with Gasteiger partial charge in [-0.05, 0) is 49.6 Å². The molecule has 1 aromatic heterocycles. The maximum Gasteiger partial charge on any atom is 0.254 e. The van der Waals surface area contributed by atoms with E-state index < -0.39 is 5.92 Å². The van der Waals surface area contributed by atoms with Gasteiger partial charge >= 0.3 is 0 Å². The van der Waals surface area contributed by atoms with E-state index in [-0.39, 0.29) is 17.6 Å². The first-order valence-corrected chi connectivity index (χ1v) is 13.4. The fourth-order valence-electron chi connectivity index (χ4n) is 3.98. The molecule has 0 fully saturated rings. The lowest BCUT2D eigenvalue weighted by Crippen LogP contribution is -2.31. The van der Waals surface area contributed by atoms with Crippen LogP contribution in [-0.4, -0.2) is 24.7 Å². The van der Waals surface area contributed by atoms with Crippen LogP contribution in [0.25, 0.3) is 0 Å². The lowest BCUT2D eigenvalue weighted by atomic mass is 9.86. The molecule has 2 amide bonds. The first-order valence-electron chi connectivity index (χ1n) is 11.5. The number of anilines is 2. The topological polar surface area (TPSA) is 103 Å². The number of allylic oxidation sites excluding steroid dienone is 2. The number of para-hydroxylation sites is 2. The Balaban J connectivity index is 1.59. The highest BCUT2D eigenvalue weighted by molar-refractivity contribution is 8.03. The van der Waals surface area contributed by atoms with Gasteiger partial charge in [-0.3, -0.25) is 9.59 Å². The third-order valence-electron chi connectivity index (χ3n) is 5.76. The minimum absolute atomic E-state index is 0.106. The van der Waals surface area contributed by atoms with Crippen LogP contribution in [-0.2, 0) is 9.59 Å². The number of dihydropyridines is 1. The van der Waals surface area contributed by atoms with Crippen molar-refractivity contribution >= 4 is 46.3 Å². The molecule has 2 heterocycles. The van der Waals surface area contributed by atoms with Crippen LogP contribution in [0.4, 0.5) is 11.4 Å². The van der Waals surface area contributed by atoms with Crippen LogP contribution < -0.4 is 20.7 Å². The molecule has 4 rings (SSSR count). The summed E-state index contributed by atoms with van der Waals surface area (Å²) in [5.74, 6) is -0.438. The van der Waals surface area contributed by atoms with E-state index >= 15 is 0 Å². The molecule has 0 saturated heterocycles. The zero-order valence-corrected chi connectivity index (χ0v) is 22.3. The van der Waals surface area contributed by atoms with E-state index in [1.165, 1.54) is 23.1 Å². The first-order chi connectivity index (χ1) is 17.9. The minimum atomic E-state index is -0.566. The number of methoxy groups -OCH3 is 1. The predicted octanol–water partition coefficient (Wildman–Crippen LogP) is 5.77. The van der Waals surface area contributed by atoms with E-state index in [0.29, 0.717) is 39.0 Å². The molecule has 1 aliphatic heterocycles. The summed E-state index contributed by atoms with van der Waals surface area (Å²) in [5.41, 5.74) is 3.81. The quantitative estimate of drug-likeness (QED) is 0.342. The molecular weight excluding hydrogens is 504 g/mol. The number of nitrogens with zero attached hydrogens (tertiary/aromatic N) is 1. The third-order valence-corrected chi connectivity index (χ3v) is 7.71. The number of amides is 2. The second-order valence-electron chi connectivity index (χ2n) is 8.32. The van der Waals surface area contributed by atoms with Gasteiger partial charge in [0.15, 0.2) is 0 Å². The predicted molar refractivity (Wildman–Crippen MR) is 149 cm³/mol. The Morgan fingerprint density at radius 3 is 2.51 bits per heavy atom. The van der Waals surface area contributed by atoms with Crippen LogP contribution >= 0.6 is 23.1 Å². The zero-order chi connectivity index (χ0) is 26.4. The largest absolute Gasteiger partial charge is 0.495 e. The van der Waals surface area contributed by atoms with Crippen LogP contribution in [0.5, 0.6) is 5.75 Å². The highest BCUT2D eigenvalue weighted by Gasteiger charge is 2.35. The maximum atomic E-state index is 13.6. The summed E-state index contributed by atoms with van der Waals surface area (Å²) < 4.78 is 5.37. The van der Waals surface area contributed by atoms with Gasteiger partial charge in [0, 0.05) is 21.8 Å². The van der Waals surface area contributed by atoms with Crippen molar-refractivity contribution in [2.75, 3.05) is 23.5 Å². The summed E-state index contributed by atoms with van der Waals surface area (Å²) >= 11 is 2.72. The van der Waals surface area contributed by atoms with E-state index in [4.69, 9.17) is 4.74 Å². The van der Waals surface area contributed by atoms with Gasteiger partial charge in [-0.1, -0.05) is 47.7 Å². The zero-order valence-electron chi connectivity index (χ0n) is 20.6. The van der Waals surface area contributed by atoms with Crippen LogP contribution in [0.1, 0.15) is 23.3 Å². The molecule has 0 saturated carbocycles. The number of nitriles is 1. The molecule has 3 aromatic rings. The average Bonchev–Trinajstić information content (AvgIpc) is 3.43. The fraction of sp³-hybridized carbons (Fsp3) is 0.179. The molecule has 0 aliphatic carbocycles. The van der Waals surface area contributed by atoms with E-state index in [9.17, 15) is 14.9 Å². The van der Waals surface area contributed by atoms with Gasteiger partial charge in [-0.15, -0.1) is 11.3 Å². The highest BCUT2D eigenvalue weighted by Crippen LogP contribution is 2.42. The third kappa shape index (κ3) is 6.05. The lowest BCUT2D eigenvalue weighted by molar-refractivity contribution is -0.114. The molecule has 0 bridgehead atoms. The van der Waals surface area contributed by atoms with Crippen molar-refractivity contribution in [2.24, 2.45) is 0 Å². The van der Waals surface area contributed by atoms with Gasteiger partial charge in [0.05, 0.1) is 41.1 Å². The summed E-state index contributed by atoms with van der Waals surface area (Å²) in [6, 6.07) is 20.8. The maximum absolute atomic E-state index is 13.6. The SMILES string of the molecule is COc1ccccc1NC(=O)C1=C(C)NC(SCC(=O)Nc2ccc(C)cc2)=C(C#N)C1c1cccs1. The number of thiophene rings is 1. The van der Waals surface area contributed by atoms with Crippen molar-refractivity contribution in [1.29, 1.82) is 5.26 Å². The lowest BCUT2D eigenvalue weighted by Gasteiger charge is -2.29. The molecule has 1 aliphatic rings. The molecule has 37 heavy (non-hydrogen) atoms.